The maximum atomic E-state index is 14.9. The van der Waals surface area contributed by atoms with Crippen LogP contribution in [0.15, 0.2) is 24.5 Å². The Labute approximate surface area is 189 Å². The molecule has 0 unspecified atom stereocenters. The summed E-state index contributed by atoms with van der Waals surface area (Å²) in [6.07, 6.45) is 2.39. The average molecular weight is 451 g/mol. The van der Waals surface area contributed by atoms with Crippen LogP contribution in [0.2, 0.25) is 0 Å². The summed E-state index contributed by atoms with van der Waals surface area (Å²) in [5, 5.41) is 9.34. The van der Waals surface area contributed by atoms with Crippen LogP contribution in [0.3, 0.4) is 0 Å². The number of Topliss-reactive ketones (excluding diaryl/α,β-unsaturated/α-hetero) is 1. The van der Waals surface area contributed by atoms with E-state index >= 15 is 0 Å². The molecule has 1 aromatic carbocycles. The molecule has 9 nitrogen and oxygen atoms in total. The van der Waals surface area contributed by atoms with Crippen molar-refractivity contribution in [3.05, 3.63) is 52.7 Å². The molecule has 3 aromatic rings. The number of hydrogen-bond acceptors (Lipinski definition) is 7. The highest BCUT2D eigenvalue weighted by Gasteiger charge is 2.30. The number of benzene rings is 1. The van der Waals surface area contributed by atoms with Gasteiger partial charge in [0.05, 0.1) is 24.9 Å². The Hall–Kier alpha value is -4.00. The third-order valence-electron chi connectivity index (χ3n) is 5.08. The monoisotopic (exact) mass is 451 g/mol. The quantitative estimate of drug-likeness (QED) is 0.555. The fourth-order valence-corrected chi connectivity index (χ4v) is 3.65. The summed E-state index contributed by atoms with van der Waals surface area (Å²) in [4.78, 5) is 35.0. The van der Waals surface area contributed by atoms with Crippen LogP contribution in [0.5, 0.6) is 5.75 Å². The van der Waals surface area contributed by atoms with Gasteiger partial charge >= 0.3 is 6.09 Å². The Balaban J connectivity index is 1.89. The van der Waals surface area contributed by atoms with E-state index < -0.39 is 17.5 Å². The highest BCUT2D eigenvalue weighted by atomic mass is 19.1. The van der Waals surface area contributed by atoms with Gasteiger partial charge in [-0.25, -0.2) is 24.1 Å². The van der Waals surface area contributed by atoms with Gasteiger partial charge in [0.15, 0.2) is 17.1 Å². The van der Waals surface area contributed by atoms with E-state index in [9.17, 15) is 19.2 Å². The van der Waals surface area contributed by atoms with Crippen LogP contribution in [0.4, 0.5) is 15.1 Å². The highest BCUT2D eigenvalue weighted by molar-refractivity contribution is 6.00. The lowest BCUT2D eigenvalue weighted by Gasteiger charge is -2.27. The van der Waals surface area contributed by atoms with E-state index in [4.69, 9.17) is 9.47 Å². The van der Waals surface area contributed by atoms with Gasteiger partial charge < -0.3 is 9.47 Å². The van der Waals surface area contributed by atoms with Crippen molar-refractivity contribution in [2.75, 3.05) is 11.5 Å². The Morgan fingerprint density at radius 2 is 2.12 bits per heavy atom. The molecule has 2 aromatic heterocycles. The smallest absolute Gasteiger partial charge is 0.417 e. The molecule has 1 amide bonds. The maximum absolute atomic E-state index is 14.9. The van der Waals surface area contributed by atoms with Gasteiger partial charge in [-0.05, 0) is 39.8 Å². The second-order valence-electron chi connectivity index (χ2n) is 8.63. The number of ketones is 1. The largest absolute Gasteiger partial charge is 0.493 e. The third-order valence-corrected chi connectivity index (χ3v) is 5.08. The fourth-order valence-electron chi connectivity index (χ4n) is 3.65. The van der Waals surface area contributed by atoms with Crippen molar-refractivity contribution >= 4 is 23.5 Å². The number of nitrogens with zero attached hydrogens (tertiary/aromatic N) is 5. The summed E-state index contributed by atoms with van der Waals surface area (Å²) in [7, 11) is 0. The fraction of sp³-hybridized carbons (Fsp3) is 0.348. The maximum Gasteiger partial charge on any atom is 0.417 e. The normalized spacial score (nSPS) is 12.7. The average Bonchev–Trinajstić information content (AvgIpc) is 3.38. The molecule has 0 radical (unpaired) electrons. The van der Waals surface area contributed by atoms with Crippen LogP contribution in [0, 0.1) is 17.1 Å². The molecule has 0 spiro atoms. The lowest BCUT2D eigenvalue weighted by molar-refractivity contribution is 0.0574. The number of ether oxygens (including phenoxy) is 2. The van der Waals surface area contributed by atoms with Gasteiger partial charge in [0, 0.05) is 23.7 Å². The van der Waals surface area contributed by atoms with E-state index in [1.807, 2.05) is 6.07 Å². The predicted molar refractivity (Wildman–Crippen MR) is 116 cm³/mol. The van der Waals surface area contributed by atoms with Gasteiger partial charge in [-0.2, -0.15) is 5.26 Å². The van der Waals surface area contributed by atoms with Crippen molar-refractivity contribution < 1.29 is 23.5 Å². The summed E-state index contributed by atoms with van der Waals surface area (Å²) in [5.74, 6) is -0.195. The molecule has 0 saturated heterocycles. The number of carbonyl (C=O) groups excluding carboxylic acids is 2. The van der Waals surface area contributed by atoms with Crippen molar-refractivity contribution in [1.29, 1.82) is 5.26 Å². The van der Waals surface area contributed by atoms with Crippen LogP contribution in [-0.4, -0.2) is 38.5 Å². The predicted octanol–water partition coefficient (Wildman–Crippen LogP) is 3.82. The molecule has 0 fully saturated rings. The van der Waals surface area contributed by atoms with Gasteiger partial charge in [0.25, 0.3) is 0 Å². The summed E-state index contributed by atoms with van der Waals surface area (Å²) in [6, 6.07) is 4.78. The van der Waals surface area contributed by atoms with E-state index in [0.29, 0.717) is 24.3 Å². The van der Waals surface area contributed by atoms with Gasteiger partial charge in [-0.1, -0.05) is 0 Å². The number of aromatic nitrogens is 3. The minimum atomic E-state index is -0.833. The zero-order valence-electron chi connectivity index (χ0n) is 18.7. The van der Waals surface area contributed by atoms with Crippen molar-refractivity contribution in [3.63, 3.8) is 0 Å². The van der Waals surface area contributed by atoms with Crippen molar-refractivity contribution in [3.8, 4) is 11.8 Å². The summed E-state index contributed by atoms with van der Waals surface area (Å²) in [6.45, 7) is 6.71. The van der Waals surface area contributed by atoms with Crippen LogP contribution in [0.1, 0.15) is 54.9 Å². The molecule has 1 aliphatic rings. The number of fused-ring (bicyclic) bond motifs is 2. The lowest BCUT2D eigenvalue weighted by Crippen LogP contribution is -2.38. The van der Waals surface area contributed by atoms with Crippen LogP contribution in [0.25, 0.3) is 5.65 Å². The molecule has 33 heavy (non-hydrogen) atoms. The minimum absolute atomic E-state index is 0.0363. The molecular weight excluding hydrogens is 429 g/mol. The van der Waals surface area contributed by atoms with Gasteiger partial charge in [-0.3, -0.25) is 9.20 Å². The van der Waals surface area contributed by atoms with Crippen molar-refractivity contribution in [2.45, 2.75) is 46.3 Å². The molecule has 3 heterocycles. The van der Waals surface area contributed by atoms with E-state index in [1.165, 1.54) is 34.7 Å². The molecule has 4 rings (SSSR count). The van der Waals surface area contributed by atoms with E-state index in [-0.39, 0.29) is 40.7 Å². The van der Waals surface area contributed by atoms with Crippen molar-refractivity contribution in [1.82, 2.24) is 14.4 Å². The Kier molecular flexibility index (Phi) is 5.49. The number of amides is 1. The number of nitriles is 1. The molecule has 0 N–H and O–H groups in total. The molecule has 1 aliphatic heterocycles. The molecule has 10 heteroatoms. The zero-order chi connectivity index (χ0) is 23.9. The number of halogens is 1. The van der Waals surface area contributed by atoms with Crippen molar-refractivity contribution in [2.24, 2.45) is 0 Å². The molecule has 0 bridgehead atoms. The summed E-state index contributed by atoms with van der Waals surface area (Å²) in [5.41, 5.74) is 0.506. The Bertz CT molecular complexity index is 1320. The molecule has 0 aliphatic carbocycles. The van der Waals surface area contributed by atoms with E-state index in [1.54, 1.807) is 26.8 Å². The molecule has 0 atom stereocenters. The topological polar surface area (TPSA) is 110 Å². The second-order valence-corrected chi connectivity index (χ2v) is 8.63. The first-order valence-corrected chi connectivity index (χ1v) is 10.3. The first-order valence-electron chi connectivity index (χ1n) is 10.3. The molecular formula is C23H22FN5O4. The molecule has 0 saturated carbocycles. The zero-order valence-corrected chi connectivity index (χ0v) is 18.7. The standard InChI is InChI=1S/C23H22FN5O4/c1-13(30)16-10-26-21(28-11-14(9-25)27-20(16)28)29(22(31)33-23(2,3)4)12-17-15-7-8-32-19(15)6-5-18(17)24/h5-6,10-11H,7-8,12H2,1-4H3. The Morgan fingerprint density at radius 1 is 1.36 bits per heavy atom. The van der Waals surface area contributed by atoms with Gasteiger partial charge in [-0.15, -0.1) is 0 Å². The van der Waals surface area contributed by atoms with Crippen LogP contribution >= 0.6 is 0 Å². The Morgan fingerprint density at radius 3 is 2.79 bits per heavy atom. The van der Waals surface area contributed by atoms with Crippen LogP contribution < -0.4 is 9.64 Å². The van der Waals surface area contributed by atoms with E-state index in [2.05, 4.69) is 9.97 Å². The minimum Gasteiger partial charge on any atom is -0.493 e. The third kappa shape index (κ3) is 4.22. The number of hydrogen-bond donors (Lipinski definition) is 0. The number of anilines is 1. The summed E-state index contributed by atoms with van der Waals surface area (Å²) >= 11 is 0. The second kappa shape index (κ2) is 8.16. The molecule has 170 valence electrons. The van der Waals surface area contributed by atoms with E-state index in [0.717, 1.165) is 0 Å². The first-order chi connectivity index (χ1) is 15.6. The van der Waals surface area contributed by atoms with Gasteiger partial charge in [0.2, 0.25) is 5.95 Å². The van der Waals surface area contributed by atoms with Gasteiger partial charge in [0.1, 0.15) is 23.2 Å². The number of rotatable bonds is 4. The number of carbonyl (C=O) groups is 2. The SMILES string of the molecule is CC(=O)c1cnc(N(Cc2c(F)ccc3c2CCO3)C(=O)OC(C)(C)C)n2cc(C#N)nc12. The lowest BCUT2D eigenvalue weighted by atomic mass is 10.0. The highest BCUT2D eigenvalue weighted by Crippen LogP contribution is 2.32. The van der Waals surface area contributed by atoms with Crippen LogP contribution in [-0.2, 0) is 17.7 Å². The number of imidazole rings is 1. The first kappa shape index (κ1) is 22.2. The summed E-state index contributed by atoms with van der Waals surface area (Å²) < 4.78 is 27.4.